The first-order chi connectivity index (χ1) is 14.8. The normalized spacial score (nSPS) is 11.6. The maximum absolute atomic E-state index is 13.0. The quantitative estimate of drug-likeness (QED) is 0.439. The average molecular weight is 465 g/mol. The van der Waals surface area contributed by atoms with Crippen LogP contribution >= 0.6 is 22.7 Å². The number of carbonyl (C=O) groups is 2. The molecule has 2 amide bonds. The first-order valence-corrected chi connectivity index (χ1v) is 10.7. The summed E-state index contributed by atoms with van der Waals surface area (Å²) in [7, 11) is 0. The maximum Gasteiger partial charge on any atom is 0.418 e. The molecule has 7 nitrogen and oxygen atoms in total. The fourth-order valence-electron chi connectivity index (χ4n) is 2.81. The van der Waals surface area contributed by atoms with Crippen LogP contribution in [0.25, 0.3) is 15.7 Å². The molecule has 3 aromatic heterocycles. The van der Waals surface area contributed by atoms with E-state index in [1.807, 2.05) is 28.2 Å². The summed E-state index contributed by atoms with van der Waals surface area (Å²) >= 11 is 2.92. The number of amides is 2. The second-order valence-corrected chi connectivity index (χ2v) is 8.12. The Labute approximate surface area is 181 Å². The molecule has 0 radical (unpaired) electrons. The number of alkyl halides is 3. The van der Waals surface area contributed by atoms with Gasteiger partial charge in [0.15, 0.2) is 5.82 Å². The van der Waals surface area contributed by atoms with E-state index in [0.717, 1.165) is 22.7 Å². The van der Waals surface area contributed by atoms with E-state index in [1.165, 1.54) is 34.8 Å². The van der Waals surface area contributed by atoms with Gasteiger partial charge in [0.1, 0.15) is 0 Å². The van der Waals surface area contributed by atoms with E-state index < -0.39 is 29.2 Å². The number of fused-ring (bicyclic) bond motifs is 1. The van der Waals surface area contributed by atoms with Crippen molar-refractivity contribution >= 4 is 45.1 Å². The number of rotatable bonds is 5. The van der Waals surface area contributed by atoms with Gasteiger partial charge in [0, 0.05) is 18.3 Å². The fourth-order valence-corrected chi connectivity index (χ4v) is 4.32. The summed E-state index contributed by atoms with van der Waals surface area (Å²) in [6.07, 6.45) is -4.28. The van der Waals surface area contributed by atoms with Gasteiger partial charge in [-0.3, -0.25) is 9.59 Å². The molecule has 0 saturated carbocycles. The van der Waals surface area contributed by atoms with Crippen molar-refractivity contribution < 1.29 is 22.8 Å². The van der Waals surface area contributed by atoms with Crippen LogP contribution in [0.5, 0.6) is 0 Å². The van der Waals surface area contributed by atoms with Crippen LogP contribution in [0.1, 0.15) is 11.3 Å². The van der Waals surface area contributed by atoms with E-state index >= 15 is 0 Å². The van der Waals surface area contributed by atoms with Gasteiger partial charge >= 0.3 is 18.0 Å². The lowest BCUT2D eigenvalue weighted by Gasteiger charge is -2.13. The van der Waals surface area contributed by atoms with Gasteiger partial charge in [0.05, 0.1) is 21.8 Å². The Balaban J connectivity index is 1.36. The Morgan fingerprint density at radius 1 is 1.06 bits per heavy atom. The zero-order valence-electron chi connectivity index (χ0n) is 15.6. The van der Waals surface area contributed by atoms with Crippen molar-refractivity contribution in [3.05, 3.63) is 58.4 Å². The molecular weight excluding hydrogens is 451 g/mol. The molecule has 4 rings (SSSR count). The highest BCUT2D eigenvalue weighted by atomic mass is 32.1. The number of thiophene rings is 1. The van der Waals surface area contributed by atoms with Crippen molar-refractivity contribution in [1.82, 2.24) is 19.9 Å². The number of benzene rings is 1. The zero-order valence-corrected chi connectivity index (χ0v) is 17.3. The monoisotopic (exact) mass is 465 g/mol. The van der Waals surface area contributed by atoms with Gasteiger partial charge in [-0.2, -0.15) is 18.2 Å². The van der Waals surface area contributed by atoms with Crippen LogP contribution in [0.4, 0.5) is 18.9 Å². The molecule has 0 aliphatic carbocycles. The number of nitrogens with one attached hydrogen (secondary N) is 2. The first-order valence-electron chi connectivity index (χ1n) is 8.95. The molecule has 0 unspecified atom stereocenters. The zero-order chi connectivity index (χ0) is 22.0. The molecule has 0 atom stereocenters. The third-order valence-electron chi connectivity index (χ3n) is 4.25. The standard InChI is InChI=1S/C19H14F3N5O2S2/c20-19(21,22)12-4-1-2-5-13(12)24-17(29)16(28)23-8-7-11-10-31-18-25-15(26-27(11)18)14-6-3-9-30-14/h1-6,9-10H,7-8H2,(H,23,28)(H,24,29). The van der Waals surface area contributed by atoms with Gasteiger partial charge < -0.3 is 10.6 Å². The van der Waals surface area contributed by atoms with Gasteiger partial charge in [0.2, 0.25) is 4.96 Å². The molecule has 0 aliphatic rings. The van der Waals surface area contributed by atoms with Crippen molar-refractivity contribution in [2.45, 2.75) is 12.6 Å². The molecule has 4 aromatic rings. The molecule has 0 bridgehead atoms. The second kappa shape index (κ2) is 8.47. The molecule has 2 N–H and O–H groups in total. The molecule has 12 heteroatoms. The lowest BCUT2D eigenvalue weighted by atomic mass is 10.1. The van der Waals surface area contributed by atoms with Crippen LogP contribution in [0, 0.1) is 0 Å². The lowest BCUT2D eigenvalue weighted by molar-refractivity contribution is -0.138. The van der Waals surface area contributed by atoms with Crippen LogP contribution in [-0.2, 0) is 22.2 Å². The highest BCUT2D eigenvalue weighted by molar-refractivity contribution is 7.15. The van der Waals surface area contributed by atoms with Crippen LogP contribution < -0.4 is 10.6 Å². The SMILES string of the molecule is O=C(NCCc1csc2nc(-c3cccs3)nn12)C(=O)Nc1ccccc1C(F)(F)F. The van der Waals surface area contributed by atoms with Crippen molar-refractivity contribution in [2.75, 3.05) is 11.9 Å². The van der Waals surface area contributed by atoms with Crippen LogP contribution in [0.2, 0.25) is 0 Å². The minimum Gasteiger partial charge on any atom is -0.347 e. The lowest BCUT2D eigenvalue weighted by Crippen LogP contribution is -2.37. The number of carbonyl (C=O) groups excluding carboxylic acids is 2. The molecule has 0 fully saturated rings. The largest absolute Gasteiger partial charge is 0.418 e. The van der Waals surface area contributed by atoms with Crippen molar-refractivity contribution in [2.24, 2.45) is 0 Å². The van der Waals surface area contributed by atoms with E-state index in [-0.39, 0.29) is 6.54 Å². The highest BCUT2D eigenvalue weighted by Crippen LogP contribution is 2.34. The van der Waals surface area contributed by atoms with Gasteiger partial charge in [-0.15, -0.1) is 27.8 Å². The topological polar surface area (TPSA) is 88.4 Å². The van der Waals surface area contributed by atoms with E-state index in [1.54, 1.807) is 4.52 Å². The molecule has 0 spiro atoms. The number of anilines is 1. The van der Waals surface area contributed by atoms with E-state index in [2.05, 4.69) is 15.4 Å². The second-order valence-electron chi connectivity index (χ2n) is 6.34. The van der Waals surface area contributed by atoms with Gasteiger partial charge in [-0.25, -0.2) is 4.52 Å². The minimum absolute atomic E-state index is 0.104. The van der Waals surface area contributed by atoms with E-state index in [9.17, 15) is 22.8 Å². The van der Waals surface area contributed by atoms with Crippen molar-refractivity contribution in [1.29, 1.82) is 0 Å². The number of halogens is 3. The fraction of sp³-hybridized carbons (Fsp3) is 0.158. The molecule has 160 valence electrons. The Hall–Kier alpha value is -3.25. The molecule has 0 aliphatic heterocycles. The first kappa shape index (κ1) is 21.0. The minimum atomic E-state index is -4.65. The van der Waals surface area contributed by atoms with Crippen LogP contribution in [0.3, 0.4) is 0 Å². The average Bonchev–Trinajstić information content (AvgIpc) is 3.45. The summed E-state index contributed by atoms with van der Waals surface area (Å²) in [5.41, 5.74) is -0.707. The maximum atomic E-state index is 13.0. The summed E-state index contributed by atoms with van der Waals surface area (Å²) in [6.45, 7) is 0.104. The van der Waals surface area contributed by atoms with Crippen LogP contribution in [-0.4, -0.2) is 33.0 Å². The Morgan fingerprint density at radius 3 is 2.61 bits per heavy atom. The summed E-state index contributed by atoms with van der Waals surface area (Å²) in [4.78, 5) is 30.1. The Bertz CT molecular complexity index is 1230. The predicted molar refractivity (Wildman–Crippen MR) is 111 cm³/mol. The van der Waals surface area contributed by atoms with E-state index in [4.69, 9.17) is 0 Å². The Kier molecular flexibility index (Phi) is 5.74. The molecule has 0 saturated heterocycles. The van der Waals surface area contributed by atoms with Crippen molar-refractivity contribution in [3.63, 3.8) is 0 Å². The number of hydrogen-bond donors (Lipinski definition) is 2. The summed E-state index contributed by atoms with van der Waals surface area (Å²) < 4.78 is 40.7. The summed E-state index contributed by atoms with van der Waals surface area (Å²) in [5.74, 6) is -1.59. The molecule has 3 heterocycles. The highest BCUT2D eigenvalue weighted by Gasteiger charge is 2.34. The van der Waals surface area contributed by atoms with E-state index in [0.29, 0.717) is 17.2 Å². The molecule has 1 aromatic carbocycles. The van der Waals surface area contributed by atoms with Gasteiger partial charge in [-0.1, -0.05) is 18.2 Å². The third kappa shape index (κ3) is 4.59. The molecular formula is C19H14F3N5O2S2. The number of hydrogen-bond acceptors (Lipinski definition) is 6. The number of nitrogens with zero attached hydrogens (tertiary/aromatic N) is 3. The number of para-hydroxylation sites is 1. The smallest absolute Gasteiger partial charge is 0.347 e. The van der Waals surface area contributed by atoms with Gasteiger partial charge in [0.25, 0.3) is 0 Å². The van der Waals surface area contributed by atoms with Crippen LogP contribution in [0.15, 0.2) is 47.2 Å². The number of aromatic nitrogens is 3. The summed E-state index contributed by atoms with van der Waals surface area (Å²) in [5, 5.41) is 12.7. The number of thiazole rings is 1. The predicted octanol–water partition coefficient (Wildman–Crippen LogP) is 3.84. The Morgan fingerprint density at radius 2 is 1.87 bits per heavy atom. The van der Waals surface area contributed by atoms with Crippen molar-refractivity contribution in [3.8, 4) is 10.7 Å². The molecule has 31 heavy (non-hydrogen) atoms. The van der Waals surface area contributed by atoms with Gasteiger partial charge in [-0.05, 0) is 23.6 Å². The summed E-state index contributed by atoms with van der Waals surface area (Å²) in [6, 6.07) is 8.29. The third-order valence-corrected chi connectivity index (χ3v) is 5.98.